The highest BCUT2D eigenvalue weighted by molar-refractivity contribution is 5.36. The topological polar surface area (TPSA) is 24.5 Å². The molecule has 1 unspecified atom stereocenters. The largest absolute Gasteiger partial charge is 0.496 e. The van der Waals surface area contributed by atoms with Crippen LogP contribution in [0.5, 0.6) is 5.75 Å². The van der Waals surface area contributed by atoms with Gasteiger partial charge in [0.15, 0.2) is 0 Å². The van der Waals surface area contributed by atoms with E-state index in [1.54, 1.807) is 7.11 Å². The first kappa shape index (κ1) is 16.3. The van der Waals surface area contributed by atoms with Crippen LogP contribution in [-0.4, -0.2) is 37.7 Å². The van der Waals surface area contributed by atoms with Crippen LogP contribution in [0.1, 0.15) is 37.8 Å². The third kappa shape index (κ3) is 5.01. The summed E-state index contributed by atoms with van der Waals surface area (Å²) in [5.41, 5.74) is 2.61. The highest BCUT2D eigenvalue weighted by Crippen LogP contribution is 2.22. The molecule has 1 atom stereocenters. The predicted molar refractivity (Wildman–Crippen MR) is 88.9 cm³/mol. The minimum Gasteiger partial charge on any atom is -0.496 e. The number of hydrogen-bond donors (Lipinski definition) is 1. The van der Waals surface area contributed by atoms with E-state index in [1.165, 1.54) is 30.5 Å². The Labute approximate surface area is 129 Å². The normalized spacial score (nSPS) is 20.5. The van der Waals surface area contributed by atoms with Crippen LogP contribution in [0.15, 0.2) is 18.2 Å². The highest BCUT2D eigenvalue weighted by atomic mass is 16.5. The number of nitrogens with zero attached hydrogens (tertiary/aromatic N) is 1. The Balaban J connectivity index is 2.05. The monoisotopic (exact) mass is 290 g/mol. The number of ether oxygens (including phenoxy) is 1. The van der Waals surface area contributed by atoms with E-state index in [0.29, 0.717) is 6.04 Å². The maximum atomic E-state index is 5.52. The summed E-state index contributed by atoms with van der Waals surface area (Å²) in [4.78, 5) is 2.57. The van der Waals surface area contributed by atoms with Gasteiger partial charge in [0, 0.05) is 24.7 Å². The average molecular weight is 290 g/mol. The fraction of sp³-hybridized carbons (Fsp3) is 0.667. The minimum atomic E-state index is 0.614. The van der Waals surface area contributed by atoms with Gasteiger partial charge in [-0.05, 0) is 44.8 Å². The fourth-order valence-electron chi connectivity index (χ4n) is 3.22. The Morgan fingerprint density at radius 1 is 1.38 bits per heavy atom. The van der Waals surface area contributed by atoms with Crippen molar-refractivity contribution in [3.63, 3.8) is 0 Å². The molecule has 3 heteroatoms. The smallest absolute Gasteiger partial charge is 0.123 e. The molecule has 21 heavy (non-hydrogen) atoms. The molecule has 0 aliphatic carbocycles. The lowest BCUT2D eigenvalue weighted by atomic mass is 10.0. The van der Waals surface area contributed by atoms with Crippen LogP contribution in [0.4, 0.5) is 0 Å². The van der Waals surface area contributed by atoms with E-state index in [-0.39, 0.29) is 0 Å². The first-order valence-electron chi connectivity index (χ1n) is 8.17. The lowest BCUT2D eigenvalue weighted by Crippen LogP contribution is -2.38. The molecule has 3 nitrogen and oxygen atoms in total. The predicted octanol–water partition coefficient (Wildman–Crippen LogP) is 3.21. The molecule has 1 aliphatic rings. The van der Waals surface area contributed by atoms with Crippen molar-refractivity contribution in [1.82, 2.24) is 10.2 Å². The summed E-state index contributed by atoms with van der Waals surface area (Å²) >= 11 is 0. The molecule has 1 heterocycles. The van der Waals surface area contributed by atoms with Crippen LogP contribution in [0.25, 0.3) is 0 Å². The molecular weight excluding hydrogens is 260 g/mol. The van der Waals surface area contributed by atoms with Gasteiger partial charge in [-0.2, -0.15) is 0 Å². The molecule has 0 spiro atoms. The van der Waals surface area contributed by atoms with E-state index >= 15 is 0 Å². The summed E-state index contributed by atoms with van der Waals surface area (Å²) in [5, 5.41) is 3.70. The van der Waals surface area contributed by atoms with Crippen molar-refractivity contribution < 1.29 is 4.74 Å². The molecule has 0 saturated carbocycles. The number of benzene rings is 1. The van der Waals surface area contributed by atoms with E-state index in [2.05, 4.69) is 49.2 Å². The molecule has 1 fully saturated rings. The van der Waals surface area contributed by atoms with Crippen LogP contribution < -0.4 is 10.1 Å². The Bertz CT molecular complexity index is 445. The maximum absolute atomic E-state index is 5.52. The van der Waals surface area contributed by atoms with Gasteiger partial charge in [0.2, 0.25) is 0 Å². The van der Waals surface area contributed by atoms with Crippen molar-refractivity contribution in [2.24, 2.45) is 5.92 Å². The maximum Gasteiger partial charge on any atom is 0.123 e. The van der Waals surface area contributed by atoms with Gasteiger partial charge < -0.3 is 10.1 Å². The van der Waals surface area contributed by atoms with E-state index < -0.39 is 0 Å². The zero-order valence-electron chi connectivity index (χ0n) is 14.0. The quantitative estimate of drug-likeness (QED) is 0.901. The number of nitrogens with one attached hydrogen (secondary N) is 1. The molecule has 1 aromatic rings. The van der Waals surface area contributed by atoms with Gasteiger partial charge in [-0.3, -0.25) is 4.90 Å². The highest BCUT2D eigenvalue weighted by Gasteiger charge is 2.19. The van der Waals surface area contributed by atoms with Crippen molar-refractivity contribution in [2.45, 2.75) is 46.2 Å². The van der Waals surface area contributed by atoms with Gasteiger partial charge >= 0.3 is 0 Å². The lowest BCUT2D eigenvalue weighted by Gasteiger charge is -2.26. The molecule has 0 amide bonds. The van der Waals surface area contributed by atoms with Crippen LogP contribution in [0, 0.1) is 12.8 Å². The van der Waals surface area contributed by atoms with Crippen molar-refractivity contribution in [3.05, 3.63) is 29.3 Å². The summed E-state index contributed by atoms with van der Waals surface area (Å²) in [6, 6.07) is 7.08. The Morgan fingerprint density at radius 2 is 2.19 bits per heavy atom. The van der Waals surface area contributed by atoms with E-state index in [4.69, 9.17) is 4.74 Å². The van der Waals surface area contributed by atoms with Gasteiger partial charge in [-0.1, -0.05) is 31.5 Å². The number of rotatable bonds is 5. The van der Waals surface area contributed by atoms with Gasteiger partial charge in [-0.15, -0.1) is 0 Å². The first-order valence-corrected chi connectivity index (χ1v) is 8.17. The molecule has 0 aromatic heterocycles. The van der Waals surface area contributed by atoms with Gasteiger partial charge in [0.1, 0.15) is 5.75 Å². The molecule has 0 bridgehead atoms. The molecular formula is C18H30N2O. The third-order valence-corrected chi connectivity index (χ3v) is 4.15. The zero-order chi connectivity index (χ0) is 15.2. The molecule has 118 valence electrons. The fourth-order valence-corrected chi connectivity index (χ4v) is 3.22. The van der Waals surface area contributed by atoms with Crippen LogP contribution >= 0.6 is 0 Å². The van der Waals surface area contributed by atoms with E-state index in [9.17, 15) is 0 Å². The summed E-state index contributed by atoms with van der Waals surface area (Å²) in [6.07, 6.45) is 2.48. The third-order valence-electron chi connectivity index (χ3n) is 4.15. The number of methoxy groups -OCH3 is 1. The summed E-state index contributed by atoms with van der Waals surface area (Å²) in [6.45, 7) is 11.2. The zero-order valence-corrected chi connectivity index (χ0v) is 14.0. The number of hydrogen-bond acceptors (Lipinski definition) is 3. The molecule has 1 saturated heterocycles. The van der Waals surface area contributed by atoms with Gasteiger partial charge in [0.25, 0.3) is 0 Å². The second kappa shape index (κ2) is 7.81. The van der Waals surface area contributed by atoms with E-state index in [1.807, 2.05) is 0 Å². The van der Waals surface area contributed by atoms with Crippen molar-refractivity contribution in [2.75, 3.05) is 26.7 Å². The summed E-state index contributed by atoms with van der Waals surface area (Å²) in [7, 11) is 1.76. The minimum absolute atomic E-state index is 0.614. The van der Waals surface area contributed by atoms with Crippen LogP contribution in [0.2, 0.25) is 0 Å². The molecule has 0 radical (unpaired) electrons. The summed E-state index contributed by atoms with van der Waals surface area (Å²) in [5.74, 6) is 1.76. The molecule has 1 aliphatic heterocycles. The molecule has 1 aromatic carbocycles. The molecule has 2 rings (SSSR count). The number of aryl methyl sites for hydroxylation is 1. The second-order valence-electron chi connectivity index (χ2n) is 6.68. The Kier molecular flexibility index (Phi) is 6.07. The Hall–Kier alpha value is -1.06. The van der Waals surface area contributed by atoms with E-state index in [0.717, 1.165) is 31.3 Å². The lowest BCUT2D eigenvalue weighted by molar-refractivity contribution is 0.244. The average Bonchev–Trinajstić information content (AvgIpc) is 2.63. The van der Waals surface area contributed by atoms with Crippen molar-refractivity contribution in [1.29, 1.82) is 0 Å². The van der Waals surface area contributed by atoms with Gasteiger partial charge in [-0.25, -0.2) is 0 Å². The van der Waals surface area contributed by atoms with Crippen LogP contribution in [-0.2, 0) is 6.54 Å². The summed E-state index contributed by atoms with van der Waals surface area (Å²) < 4.78 is 5.52. The second-order valence-corrected chi connectivity index (χ2v) is 6.68. The van der Waals surface area contributed by atoms with Crippen LogP contribution in [0.3, 0.4) is 0 Å². The van der Waals surface area contributed by atoms with Gasteiger partial charge in [0.05, 0.1) is 7.11 Å². The standard InChI is InChI=1S/C18H30N2O/c1-14(2)10-17-13-20(9-5-8-19-17)12-16-11-15(3)6-7-18(16)21-4/h6-7,11,14,17,19H,5,8-10,12-13H2,1-4H3. The first-order chi connectivity index (χ1) is 10.1. The Morgan fingerprint density at radius 3 is 2.90 bits per heavy atom. The van der Waals surface area contributed by atoms with Crippen molar-refractivity contribution >= 4 is 0 Å². The SMILES string of the molecule is COc1ccc(C)cc1CN1CCCNC(CC(C)C)C1. The van der Waals surface area contributed by atoms with Crippen molar-refractivity contribution in [3.8, 4) is 5.75 Å². The molecule has 1 N–H and O–H groups in total.